The van der Waals surface area contributed by atoms with Gasteiger partial charge in [0.1, 0.15) is 5.50 Å². The molecule has 1 N–H and O–H groups in total. The largest absolute Gasteiger partial charge is 0.439 e. The molecule has 0 aliphatic carbocycles. The summed E-state index contributed by atoms with van der Waals surface area (Å²) < 4.78 is 5.33. The zero-order valence-electron chi connectivity index (χ0n) is 7.55. The minimum Gasteiger partial charge on any atom is -0.439 e. The average molecular weight is 205 g/mol. The predicted molar refractivity (Wildman–Crippen MR) is 48.7 cm³/mol. The lowest BCUT2D eigenvalue weighted by molar-refractivity contribution is 0.0242. The Hall–Kier alpha value is -0.480. The zero-order chi connectivity index (χ0) is 9.47. The second-order valence-corrected chi connectivity index (χ2v) is 4.04. The van der Waals surface area contributed by atoms with Crippen LogP contribution in [0, 0.1) is 0 Å². The molecule has 13 heavy (non-hydrogen) atoms. The van der Waals surface area contributed by atoms with Gasteiger partial charge in [-0.05, 0) is 13.1 Å². The van der Waals surface area contributed by atoms with Crippen LogP contribution in [0.2, 0.25) is 0 Å². The fourth-order valence-corrected chi connectivity index (χ4v) is 2.27. The molecule has 1 amide bonds. The van der Waals surface area contributed by atoms with E-state index >= 15 is 0 Å². The molecule has 0 bridgehead atoms. The van der Waals surface area contributed by atoms with E-state index in [1.54, 1.807) is 7.05 Å². The number of hydrogen-bond acceptors (Lipinski definition) is 3. The summed E-state index contributed by atoms with van der Waals surface area (Å²) in [6.07, 6.45) is 1.30. The number of likely N-dealkylation sites (N-methyl/N-ethyl adjacent to an activating group) is 1. The molecular formula is C8H13ClN2O2. The number of piperidine rings is 1. The molecule has 5 heteroatoms. The van der Waals surface area contributed by atoms with Crippen LogP contribution in [-0.2, 0) is 4.74 Å². The SMILES string of the molecule is CN1C(=O)OC2(CCNCC2)C1Cl. The third kappa shape index (κ3) is 1.28. The van der Waals surface area contributed by atoms with Crippen LogP contribution in [0.1, 0.15) is 12.8 Å². The van der Waals surface area contributed by atoms with E-state index in [1.165, 1.54) is 4.90 Å². The lowest BCUT2D eigenvalue weighted by Crippen LogP contribution is -2.48. The number of carbonyl (C=O) groups is 1. The summed E-state index contributed by atoms with van der Waals surface area (Å²) >= 11 is 6.15. The Balaban J connectivity index is 2.18. The molecule has 1 unspecified atom stereocenters. The molecule has 0 aromatic carbocycles. The molecule has 0 radical (unpaired) electrons. The molecule has 2 fully saturated rings. The maximum absolute atomic E-state index is 11.3. The highest BCUT2D eigenvalue weighted by Crippen LogP contribution is 2.37. The summed E-state index contributed by atoms with van der Waals surface area (Å²) in [6, 6.07) is 0. The Morgan fingerprint density at radius 3 is 2.69 bits per heavy atom. The van der Waals surface area contributed by atoms with E-state index in [1.807, 2.05) is 0 Å². The van der Waals surface area contributed by atoms with Gasteiger partial charge in [-0.15, -0.1) is 0 Å². The Kier molecular flexibility index (Phi) is 2.12. The van der Waals surface area contributed by atoms with Crippen LogP contribution in [0.5, 0.6) is 0 Å². The van der Waals surface area contributed by atoms with Crippen molar-refractivity contribution in [1.29, 1.82) is 0 Å². The molecule has 1 spiro atoms. The molecule has 1 atom stereocenters. The minimum absolute atomic E-state index is 0.304. The van der Waals surface area contributed by atoms with Crippen molar-refractivity contribution in [1.82, 2.24) is 10.2 Å². The molecule has 4 nitrogen and oxygen atoms in total. The van der Waals surface area contributed by atoms with E-state index < -0.39 is 5.60 Å². The summed E-state index contributed by atoms with van der Waals surface area (Å²) in [7, 11) is 1.68. The summed E-state index contributed by atoms with van der Waals surface area (Å²) in [5.41, 5.74) is -0.763. The van der Waals surface area contributed by atoms with E-state index in [0.29, 0.717) is 0 Å². The molecule has 2 rings (SSSR count). The van der Waals surface area contributed by atoms with Crippen molar-refractivity contribution in [2.45, 2.75) is 23.9 Å². The van der Waals surface area contributed by atoms with E-state index in [0.717, 1.165) is 25.9 Å². The van der Waals surface area contributed by atoms with Gasteiger partial charge in [0.25, 0.3) is 0 Å². The van der Waals surface area contributed by atoms with Crippen molar-refractivity contribution in [2.75, 3.05) is 20.1 Å². The van der Waals surface area contributed by atoms with Gasteiger partial charge < -0.3 is 10.1 Å². The van der Waals surface area contributed by atoms with Crippen molar-refractivity contribution in [3.8, 4) is 0 Å². The van der Waals surface area contributed by atoms with E-state index in [-0.39, 0.29) is 11.6 Å². The lowest BCUT2D eigenvalue weighted by atomic mass is 9.92. The van der Waals surface area contributed by atoms with Crippen LogP contribution in [0.3, 0.4) is 0 Å². The zero-order valence-corrected chi connectivity index (χ0v) is 8.30. The number of hydrogen-bond donors (Lipinski definition) is 1. The molecule has 0 aromatic rings. The van der Waals surface area contributed by atoms with Gasteiger partial charge in [-0.25, -0.2) is 4.79 Å². The molecule has 0 saturated carbocycles. The van der Waals surface area contributed by atoms with Crippen molar-refractivity contribution in [3.63, 3.8) is 0 Å². The number of ether oxygens (including phenoxy) is 1. The third-order valence-electron chi connectivity index (χ3n) is 2.80. The highest BCUT2D eigenvalue weighted by atomic mass is 35.5. The molecule has 2 aliphatic rings. The number of nitrogens with one attached hydrogen (secondary N) is 1. The van der Waals surface area contributed by atoms with Gasteiger partial charge in [-0.2, -0.15) is 0 Å². The van der Waals surface area contributed by atoms with Gasteiger partial charge in [-0.1, -0.05) is 11.6 Å². The van der Waals surface area contributed by atoms with E-state index in [2.05, 4.69) is 5.32 Å². The van der Waals surface area contributed by atoms with Crippen LogP contribution in [0.4, 0.5) is 4.79 Å². The molecule has 2 saturated heterocycles. The first kappa shape index (κ1) is 9.09. The number of amides is 1. The first-order valence-corrected chi connectivity index (χ1v) is 4.90. The highest BCUT2D eigenvalue weighted by molar-refractivity contribution is 6.22. The maximum atomic E-state index is 11.3. The highest BCUT2D eigenvalue weighted by Gasteiger charge is 2.52. The molecular weight excluding hydrogens is 192 g/mol. The smallest absolute Gasteiger partial charge is 0.411 e. The average Bonchev–Trinajstić information content (AvgIpc) is 2.33. The van der Waals surface area contributed by atoms with Crippen molar-refractivity contribution in [2.24, 2.45) is 0 Å². The normalized spacial score (nSPS) is 32.3. The van der Waals surface area contributed by atoms with Crippen molar-refractivity contribution < 1.29 is 9.53 Å². The summed E-state index contributed by atoms with van der Waals surface area (Å²) in [4.78, 5) is 12.7. The fourth-order valence-electron chi connectivity index (χ4n) is 1.93. The van der Waals surface area contributed by atoms with Gasteiger partial charge in [0.15, 0.2) is 5.60 Å². The first-order valence-electron chi connectivity index (χ1n) is 4.46. The van der Waals surface area contributed by atoms with Crippen LogP contribution in [0.25, 0.3) is 0 Å². The van der Waals surface area contributed by atoms with Crippen LogP contribution >= 0.6 is 11.6 Å². The summed E-state index contributed by atoms with van der Waals surface area (Å²) in [6.45, 7) is 1.73. The topological polar surface area (TPSA) is 41.6 Å². The third-order valence-corrected chi connectivity index (χ3v) is 3.49. The lowest BCUT2D eigenvalue weighted by Gasteiger charge is -2.34. The molecule has 74 valence electrons. The molecule has 2 heterocycles. The molecule has 0 aromatic heterocycles. The number of halogens is 1. The Morgan fingerprint density at radius 1 is 1.62 bits per heavy atom. The van der Waals surface area contributed by atoms with E-state index in [4.69, 9.17) is 16.3 Å². The van der Waals surface area contributed by atoms with Gasteiger partial charge in [0.05, 0.1) is 0 Å². The quantitative estimate of drug-likeness (QED) is 0.468. The Bertz CT molecular complexity index is 228. The van der Waals surface area contributed by atoms with Gasteiger partial charge in [-0.3, -0.25) is 4.90 Å². The number of rotatable bonds is 0. The summed E-state index contributed by atoms with van der Waals surface area (Å²) in [5, 5.41) is 3.22. The minimum atomic E-state index is -0.446. The number of carbonyl (C=O) groups excluding carboxylic acids is 1. The van der Waals surface area contributed by atoms with Crippen LogP contribution in [-0.4, -0.2) is 42.2 Å². The first-order chi connectivity index (χ1) is 6.16. The number of alkyl halides is 1. The molecule has 2 aliphatic heterocycles. The fraction of sp³-hybridized carbons (Fsp3) is 0.875. The Labute approximate surface area is 82.2 Å². The van der Waals surface area contributed by atoms with Crippen molar-refractivity contribution in [3.05, 3.63) is 0 Å². The van der Waals surface area contributed by atoms with Crippen LogP contribution in [0.15, 0.2) is 0 Å². The van der Waals surface area contributed by atoms with Gasteiger partial charge in [0.2, 0.25) is 0 Å². The van der Waals surface area contributed by atoms with Crippen molar-refractivity contribution >= 4 is 17.7 Å². The maximum Gasteiger partial charge on any atom is 0.411 e. The summed E-state index contributed by atoms with van der Waals surface area (Å²) in [5.74, 6) is 0. The second-order valence-electron chi connectivity index (χ2n) is 3.63. The van der Waals surface area contributed by atoms with Crippen LogP contribution < -0.4 is 5.32 Å². The predicted octanol–water partition coefficient (Wildman–Crippen LogP) is 0.755. The van der Waals surface area contributed by atoms with Gasteiger partial charge in [0, 0.05) is 19.9 Å². The Morgan fingerprint density at radius 2 is 2.23 bits per heavy atom. The number of nitrogens with zero attached hydrogens (tertiary/aromatic N) is 1. The standard InChI is InChI=1S/C8H13ClN2O2/c1-11-6(9)8(13-7(11)12)2-4-10-5-3-8/h6,10H,2-5H2,1H3. The second kappa shape index (κ2) is 3.03. The van der Waals surface area contributed by atoms with Gasteiger partial charge >= 0.3 is 6.09 Å². The monoisotopic (exact) mass is 204 g/mol. The van der Waals surface area contributed by atoms with E-state index in [9.17, 15) is 4.79 Å².